The van der Waals surface area contributed by atoms with Gasteiger partial charge in [0.2, 0.25) is 5.82 Å². The molecule has 19 heavy (non-hydrogen) atoms. The third-order valence-corrected chi connectivity index (χ3v) is 4.53. The first-order valence-electron chi connectivity index (χ1n) is 5.83. The van der Waals surface area contributed by atoms with Crippen LogP contribution >= 0.6 is 11.8 Å². The van der Waals surface area contributed by atoms with Gasteiger partial charge >= 0.3 is 0 Å². The molecule has 2 rings (SSSR count). The molecule has 2 atom stereocenters. The van der Waals surface area contributed by atoms with Crippen molar-refractivity contribution in [2.75, 3.05) is 11.1 Å². The topological polar surface area (TPSA) is 12.0 Å². The van der Waals surface area contributed by atoms with E-state index in [1.54, 1.807) is 11.8 Å². The Morgan fingerprint density at radius 2 is 1.47 bits per heavy atom. The number of benzene rings is 1. The van der Waals surface area contributed by atoms with Gasteiger partial charge in [-0.2, -0.15) is 11.8 Å². The van der Waals surface area contributed by atoms with Crippen molar-refractivity contribution in [3.05, 3.63) is 29.1 Å². The van der Waals surface area contributed by atoms with Gasteiger partial charge in [-0.15, -0.1) is 0 Å². The van der Waals surface area contributed by atoms with Crippen LogP contribution in [0.15, 0.2) is 0 Å². The van der Waals surface area contributed by atoms with Crippen molar-refractivity contribution in [1.82, 2.24) is 0 Å². The summed E-state index contributed by atoms with van der Waals surface area (Å²) in [7, 11) is 0. The second kappa shape index (κ2) is 5.56. The van der Waals surface area contributed by atoms with E-state index < -0.39 is 34.8 Å². The van der Waals surface area contributed by atoms with Crippen LogP contribution in [0.2, 0.25) is 0 Å². The molecule has 1 heterocycles. The Hall–Kier alpha value is -0.980. The number of rotatable bonds is 2. The summed E-state index contributed by atoms with van der Waals surface area (Å²) < 4.78 is 66.0. The van der Waals surface area contributed by atoms with Crippen LogP contribution in [0.4, 0.5) is 27.6 Å². The number of hydrogen-bond acceptors (Lipinski definition) is 2. The molecule has 1 fully saturated rings. The van der Waals surface area contributed by atoms with E-state index in [1.807, 2.05) is 6.92 Å². The lowest BCUT2D eigenvalue weighted by molar-refractivity contribution is 0.380. The maximum absolute atomic E-state index is 13.5. The lowest BCUT2D eigenvalue weighted by Crippen LogP contribution is -2.33. The van der Waals surface area contributed by atoms with Crippen LogP contribution in [-0.4, -0.2) is 17.0 Å². The number of halogens is 5. The standard InChI is InChI=1S/C12H12F5NS/c1-5-6(3-2-4-19-5)18-12-10(16)8(14)7(13)9(15)11(12)17/h5-6,18H,2-4H2,1H3. The zero-order valence-electron chi connectivity index (χ0n) is 10.1. The second-order valence-corrected chi connectivity index (χ2v) is 5.90. The number of thioether (sulfide) groups is 1. The fraction of sp³-hybridized carbons (Fsp3) is 0.500. The first-order valence-corrected chi connectivity index (χ1v) is 6.88. The minimum atomic E-state index is -2.13. The van der Waals surface area contributed by atoms with Gasteiger partial charge in [-0.1, -0.05) is 6.92 Å². The quantitative estimate of drug-likeness (QED) is 0.501. The molecule has 0 aliphatic carbocycles. The largest absolute Gasteiger partial charge is 0.376 e. The van der Waals surface area contributed by atoms with E-state index in [2.05, 4.69) is 5.32 Å². The van der Waals surface area contributed by atoms with Gasteiger partial charge in [0.25, 0.3) is 0 Å². The summed E-state index contributed by atoms with van der Waals surface area (Å²) >= 11 is 1.60. The molecular weight excluding hydrogens is 285 g/mol. The first kappa shape index (κ1) is 14.4. The minimum absolute atomic E-state index is 0.0451. The van der Waals surface area contributed by atoms with Crippen LogP contribution < -0.4 is 5.32 Å². The van der Waals surface area contributed by atoms with E-state index in [1.165, 1.54) is 0 Å². The molecule has 1 aliphatic rings. The fourth-order valence-electron chi connectivity index (χ4n) is 2.03. The Morgan fingerprint density at radius 3 is 2.00 bits per heavy atom. The van der Waals surface area contributed by atoms with Crippen molar-refractivity contribution in [2.24, 2.45) is 0 Å². The molecule has 1 aromatic carbocycles. The highest BCUT2D eigenvalue weighted by atomic mass is 32.2. The third kappa shape index (κ3) is 2.66. The molecule has 0 amide bonds. The Balaban J connectivity index is 2.34. The molecule has 1 saturated heterocycles. The second-order valence-electron chi connectivity index (χ2n) is 4.41. The van der Waals surface area contributed by atoms with Gasteiger partial charge in [0.05, 0.1) is 0 Å². The van der Waals surface area contributed by atoms with Crippen LogP contribution in [-0.2, 0) is 0 Å². The molecule has 106 valence electrons. The number of hydrogen-bond donors (Lipinski definition) is 1. The van der Waals surface area contributed by atoms with E-state index in [-0.39, 0.29) is 11.3 Å². The summed E-state index contributed by atoms with van der Waals surface area (Å²) in [6.45, 7) is 1.85. The smallest absolute Gasteiger partial charge is 0.200 e. The highest BCUT2D eigenvalue weighted by Crippen LogP contribution is 2.32. The maximum Gasteiger partial charge on any atom is 0.200 e. The average Bonchev–Trinajstić information content (AvgIpc) is 2.41. The highest BCUT2D eigenvalue weighted by molar-refractivity contribution is 8.00. The summed E-state index contributed by atoms with van der Waals surface area (Å²) in [5.41, 5.74) is -0.934. The maximum atomic E-state index is 13.5. The van der Waals surface area contributed by atoms with Crippen LogP contribution in [0.25, 0.3) is 0 Å². The zero-order valence-corrected chi connectivity index (χ0v) is 10.9. The molecule has 1 N–H and O–H groups in total. The SMILES string of the molecule is CC1SCCCC1Nc1c(F)c(F)c(F)c(F)c1F. The Kier molecular flexibility index (Phi) is 4.23. The molecule has 0 radical (unpaired) electrons. The van der Waals surface area contributed by atoms with Crippen molar-refractivity contribution < 1.29 is 22.0 Å². The Morgan fingerprint density at radius 1 is 0.947 bits per heavy atom. The van der Waals surface area contributed by atoms with Gasteiger partial charge in [-0.05, 0) is 18.6 Å². The van der Waals surface area contributed by atoms with Gasteiger partial charge in [0.15, 0.2) is 23.3 Å². The van der Waals surface area contributed by atoms with Crippen molar-refractivity contribution in [2.45, 2.75) is 31.1 Å². The predicted octanol–water partition coefficient (Wildman–Crippen LogP) is 4.08. The Bertz CT molecular complexity index is 464. The average molecular weight is 297 g/mol. The van der Waals surface area contributed by atoms with Gasteiger partial charge in [0, 0.05) is 11.3 Å². The summed E-state index contributed by atoms with van der Waals surface area (Å²) in [6.07, 6.45) is 1.47. The van der Waals surface area contributed by atoms with Crippen molar-refractivity contribution in [3.63, 3.8) is 0 Å². The lowest BCUT2D eigenvalue weighted by Gasteiger charge is -2.30. The fourth-order valence-corrected chi connectivity index (χ4v) is 3.17. The van der Waals surface area contributed by atoms with Crippen molar-refractivity contribution in [1.29, 1.82) is 0 Å². The molecule has 1 aromatic rings. The number of anilines is 1. The molecule has 2 unspecified atom stereocenters. The summed E-state index contributed by atoms with van der Waals surface area (Å²) in [4.78, 5) is 0. The molecular formula is C12H12F5NS. The van der Waals surface area contributed by atoms with Gasteiger partial charge < -0.3 is 5.32 Å². The lowest BCUT2D eigenvalue weighted by atomic mass is 10.1. The molecule has 0 spiro atoms. The summed E-state index contributed by atoms with van der Waals surface area (Å²) in [6, 6.07) is -0.313. The number of nitrogens with one attached hydrogen (secondary N) is 1. The highest BCUT2D eigenvalue weighted by Gasteiger charge is 2.29. The predicted molar refractivity (Wildman–Crippen MR) is 64.8 cm³/mol. The van der Waals surface area contributed by atoms with Crippen molar-refractivity contribution >= 4 is 17.4 Å². The molecule has 0 aromatic heterocycles. The zero-order chi connectivity index (χ0) is 14.2. The van der Waals surface area contributed by atoms with Crippen LogP contribution in [0.5, 0.6) is 0 Å². The van der Waals surface area contributed by atoms with Gasteiger partial charge in [-0.3, -0.25) is 0 Å². The summed E-state index contributed by atoms with van der Waals surface area (Å²) in [5, 5.41) is 2.50. The molecule has 0 saturated carbocycles. The van der Waals surface area contributed by atoms with E-state index in [9.17, 15) is 22.0 Å². The van der Waals surface area contributed by atoms with E-state index >= 15 is 0 Å². The van der Waals surface area contributed by atoms with Gasteiger partial charge in [0.1, 0.15) is 5.69 Å². The molecule has 0 bridgehead atoms. The normalized spacial score (nSPS) is 23.5. The van der Waals surface area contributed by atoms with Crippen molar-refractivity contribution in [3.8, 4) is 0 Å². The molecule has 1 aliphatic heterocycles. The van der Waals surface area contributed by atoms with E-state index in [0.717, 1.165) is 12.2 Å². The summed E-state index contributed by atoms with van der Waals surface area (Å²) in [5.74, 6) is -8.66. The molecule has 7 heteroatoms. The Labute approximate surface area is 111 Å². The van der Waals surface area contributed by atoms with Gasteiger partial charge in [-0.25, -0.2) is 22.0 Å². The molecule has 1 nitrogen and oxygen atoms in total. The first-order chi connectivity index (χ1) is 8.93. The van der Waals surface area contributed by atoms with E-state index in [4.69, 9.17) is 0 Å². The third-order valence-electron chi connectivity index (χ3n) is 3.15. The monoisotopic (exact) mass is 297 g/mol. The van der Waals surface area contributed by atoms with Crippen LogP contribution in [0, 0.1) is 29.1 Å². The van der Waals surface area contributed by atoms with Crippen LogP contribution in [0.3, 0.4) is 0 Å². The van der Waals surface area contributed by atoms with E-state index in [0.29, 0.717) is 6.42 Å². The van der Waals surface area contributed by atoms with Crippen LogP contribution in [0.1, 0.15) is 19.8 Å². The minimum Gasteiger partial charge on any atom is -0.376 e.